The molecule has 1 aromatic rings. The Morgan fingerprint density at radius 1 is 1.42 bits per heavy atom. The van der Waals surface area contributed by atoms with Crippen LogP contribution in [-0.4, -0.2) is 45.3 Å². The van der Waals surface area contributed by atoms with Gasteiger partial charge in [0.25, 0.3) is 0 Å². The number of sulfonamides is 1. The van der Waals surface area contributed by atoms with Crippen molar-refractivity contribution in [3.05, 3.63) is 23.8 Å². The van der Waals surface area contributed by atoms with E-state index in [0.717, 1.165) is 25.7 Å². The molecule has 1 aliphatic heterocycles. The Hall–Kier alpha value is -1.64. The van der Waals surface area contributed by atoms with Gasteiger partial charge in [0.05, 0.1) is 16.6 Å². The predicted molar refractivity (Wildman–Crippen MR) is 91.0 cm³/mol. The van der Waals surface area contributed by atoms with Gasteiger partial charge in [-0.1, -0.05) is 13.3 Å². The smallest absolute Gasteiger partial charge is 0.337 e. The van der Waals surface area contributed by atoms with Crippen LogP contribution in [0.3, 0.4) is 0 Å². The molecule has 1 heterocycles. The van der Waals surface area contributed by atoms with Crippen LogP contribution in [0.5, 0.6) is 0 Å². The summed E-state index contributed by atoms with van der Waals surface area (Å²) in [5.41, 5.74) is 0.375. The highest BCUT2D eigenvalue weighted by molar-refractivity contribution is 7.89. The molecule has 0 unspecified atom stereocenters. The number of anilines is 1. The van der Waals surface area contributed by atoms with Crippen molar-refractivity contribution in [1.29, 1.82) is 0 Å². The standard InChI is InChI=1S/C16H24N2O5S/c1-2-3-8-17-15-7-6-13(10-14(15)16(19)20)24(21,22)18-11-12-5-4-9-23-12/h6-7,10,12,17-18H,2-5,8-9,11H2,1H3,(H,19,20)/t12-/m1/s1. The molecule has 0 bridgehead atoms. The van der Waals surface area contributed by atoms with Gasteiger partial charge in [-0.3, -0.25) is 0 Å². The molecule has 3 N–H and O–H groups in total. The first-order chi connectivity index (χ1) is 11.4. The molecule has 0 saturated carbocycles. The summed E-state index contributed by atoms with van der Waals surface area (Å²) in [7, 11) is -3.77. The maximum absolute atomic E-state index is 12.4. The van der Waals surface area contributed by atoms with Crippen LogP contribution in [0.2, 0.25) is 0 Å². The largest absolute Gasteiger partial charge is 0.478 e. The fourth-order valence-corrected chi connectivity index (χ4v) is 3.60. The molecule has 1 atom stereocenters. The number of carboxylic acid groups (broad SMARTS) is 1. The van der Waals surface area contributed by atoms with E-state index < -0.39 is 16.0 Å². The summed E-state index contributed by atoms with van der Waals surface area (Å²) in [4.78, 5) is 11.4. The molecule has 1 saturated heterocycles. The second-order valence-corrected chi connectivity index (χ2v) is 7.55. The van der Waals surface area contributed by atoms with E-state index in [4.69, 9.17) is 4.74 Å². The summed E-state index contributed by atoms with van der Waals surface area (Å²) < 4.78 is 32.6. The average Bonchev–Trinajstić information content (AvgIpc) is 3.07. The minimum Gasteiger partial charge on any atom is -0.478 e. The summed E-state index contributed by atoms with van der Waals surface area (Å²) in [6.07, 6.45) is 3.52. The van der Waals surface area contributed by atoms with Crippen molar-refractivity contribution in [2.75, 3.05) is 25.0 Å². The van der Waals surface area contributed by atoms with Gasteiger partial charge < -0.3 is 15.2 Å². The van der Waals surface area contributed by atoms with E-state index in [2.05, 4.69) is 10.0 Å². The predicted octanol–water partition coefficient (Wildman–Crippen LogP) is 2.05. The van der Waals surface area contributed by atoms with Crippen molar-refractivity contribution in [3.63, 3.8) is 0 Å². The molecule has 134 valence electrons. The minimum absolute atomic E-state index is 0.0499. The van der Waals surface area contributed by atoms with Crippen LogP contribution in [0.25, 0.3) is 0 Å². The molecule has 0 spiro atoms. The number of benzene rings is 1. The van der Waals surface area contributed by atoms with Crippen molar-refractivity contribution in [3.8, 4) is 0 Å². The van der Waals surface area contributed by atoms with Gasteiger partial charge in [0.15, 0.2) is 0 Å². The molecule has 1 fully saturated rings. The number of rotatable bonds is 9. The van der Waals surface area contributed by atoms with E-state index in [1.165, 1.54) is 18.2 Å². The number of carboxylic acids is 1. The van der Waals surface area contributed by atoms with Crippen molar-refractivity contribution >= 4 is 21.7 Å². The summed E-state index contributed by atoms with van der Waals surface area (Å²) in [5.74, 6) is -1.16. The lowest BCUT2D eigenvalue weighted by molar-refractivity contribution is 0.0697. The van der Waals surface area contributed by atoms with Crippen LogP contribution in [0, 0.1) is 0 Å². The Kier molecular flexibility index (Phi) is 6.59. The molecule has 1 aliphatic rings. The molecule has 8 heteroatoms. The topological polar surface area (TPSA) is 105 Å². The summed E-state index contributed by atoms with van der Waals surface area (Å²) >= 11 is 0. The van der Waals surface area contributed by atoms with Gasteiger partial charge in [-0.2, -0.15) is 0 Å². The van der Waals surface area contributed by atoms with E-state index >= 15 is 0 Å². The molecule has 0 aliphatic carbocycles. The van der Waals surface area contributed by atoms with E-state index in [1.807, 2.05) is 6.92 Å². The number of carbonyl (C=O) groups is 1. The maximum Gasteiger partial charge on any atom is 0.337 e. The Balaban J connectivity index is 2.13. The van der Waals surface area contributed by atoms with E-state index in [1.54, 1.807) is 0 Å². The fraction of sp³-hybridized carbons (Fsp3) is 0.562. The minimum atomic E-state index is -3.77. The van der Waals surface area contributed by atoms with E-state index in [-0.39, 0.29) is 23.1 Å². The van der Waals surface area contributed by atoms with Crippen LogP contribution < -0.4 is 10.0 Å². The molecular weight excluding hydrogens is 332 g/mol. The third-order valence-corrected chi connectivity index (χ3v) is 5.32. The summed E-state index contributed by atoms with van der Waals surface area (Å²) in [5, 5.41) is 12.4. The normalized spacial score (nSPS) is 17.8. The molecule has 24 heavy (non-hydrogen) atoms. The maximum atomic E-state index is 12.4. The van der Waals surface area contributed by atoms with Gasteiger partial charge in [0.2, 0.25) is 10.0 Å². The number of nitrogens with one attached hydrogen (secondary N) is 2. The van der Waals surface area contributed by atoms with Gasteiger partial charge in [-0.05, 0) is 37.5 Å². The summed E-state index contributed by atoms with van der Waals surface area (Å²) in [6.45, 7) is 3.52. The van der Waals surface area contributed by atoms with Crippen LogP contribution in [0.15, 0.2) is 23.1 Å². The Bertz CT molecular complexity index is 669. The first-order valence-electron chi connectivity index (χ1n) is 8.16. The highest BCUT2D eigenvalue weighted by Gasteiger charge is 2.22. The molecule has 2 rings (SSSR count). The molecule has 7 nitrogen and oxygen atoms in total. The second-order valence-electron chi connectivity index (χ2n) is 5.78. The van der Waals surface area contributed by atoms with Gasteiger partial charge in [0.1, 0.15) is 0 Å². The van der Waals surface area contributed by atoms with Gasteiger partial charge >= 0.3 is 5.97 Å². The number of aromatic carboxylic acids is 1. The molecule has 0 aromatic heterocycles. The summed E-state index contributed by atoms with van der Waals surface area (Å²) in [6, 6.07) is 4.10. The molecular formula is C16H24N2O5S. The van der Waals surface area contributed by atoms with Crippen molar-refractivity contribution < 1.29 is 23.1 Å². The zero-order valence-corrected chi connectivity index (χ0v) is 14.6. The fourth-order valence-electron chi connectivity index (χ4n) is 2.51. The third-order valence-electron chi connectivity index (χ3n) is 3.90. The zero-order chi connectivity index (χ0) is 17.6. The highest BCUT2D eigenvalue weighted by Crippen LogP contribution is 2.21. The Morgan fingerprint density at radius 3 is 2.83 bits per heavy atom. The van der Waals surface area contributed by atoms with Crippen LogP contribution in [-0.2, 0) is 14.8 Å². The molecule has 1 aromatic carbocycles. The van der Waals surface area contributed by atoms with Crippen LogP contribution in [0.4, 0.5) is 5.69 Å². The number of ether oxygens (including phenoxy) is 1. The molecule has 0 amide bonds. The zero-order valence-electron chi connectivity index (χ0n) is 13.7. The van der Waals surface area contributed by atoms with E-state index in [9.17, 15) is 18.3 Å². The lowest BCUT2D eigenvalue weighted by atomic mass is 10.1. The van der Waals surface area contributed by atoms with Gasteiger partial charge in [0, 0.05) is 25.4 Å². The van der Waals surface area contributed by atoms with Crippen molar-refractivity contribution in [1.82, 2.24) is 4.72 Å². The number of hydrogen-bond donors (Lipinski definition) is 3. The van der Waals surface area contributed by atoms with Crippen molar-refractivity contribution in [2.45, 2.75) is 43.6 Å². The Labute approximate surface area is 142 Å². The highest BCUT2D eigenvalue weighted by atomic mass is 32.2. The van der Waals surface area contributed by atoms with Gasteiger partial charge in [-0.15, -0.1) is 0 Å². The average molecular weight is 356 g/mol. The quantitative estimate of drug-likeness (QED) is 0.585. The second kappa shape index (κ2) is 8.46. The lowest BCUT2D eigenvalue weighted by Gasteiger charge is -2.14. The molecule has 0 radical (unpaired) electrons. The number of unbranched alkanes of at least 4 members (excludes halogenated alkanes) is 1. The van der Waals surface area contributed by atoms with Crippen LogP contribution >= 0.6 is 0 Å². The lowest BCUT2D eigenvalue weighted by Crippen LogP contribution is -2.32. The monoisotopic (exact) mass is 356 g/mol. The van der Waals surface area contributed by atoms with E-state index in [0.29, 0.717) is 18.8 Å². The number of hydrogen-bond acceptors (Lipinski definition) is 5. The third kappa shape index (κ3) is 4.93. The van der Waals surface area contributed by atoms with Crippen molar-refractivity contribution in [2.24, 2.45) is 0 Å². The SMILES string of the molecule is CCCCNc1ccc(S(=O)(=O)NC[C@H]2CCCO2)cc1C(=O)O. The van der Waals surface area contributed by atoms with Gasteiger partial charge in [-0.25, -0.2) is 17.9 Å². The Morgan fingerprint density at radius 2 is 2.21 bits per heavy atom. The first kappa shape index (κ1) is 18.7. The van der Waals surface area contributed by atoms with Crippen LogP contribution in [0.1, 0.15) is 43.0 Å². The first-order valence-corrected chi connectivity index (χ1v) is 9.65.